The van der Waals surface area contributed by atoms with Gasteiger partial charge < -0.3 is 15.0 Å². The van der Waals surface area contributed by atoms with Gasteiger partial charge in [-0.2, -0.15) is 0 Å². The van der Waals surface area contributed by atoms with Crippen LogP contribution in [0, 0.1) is 0 Å². The number of rotatable bonds is 9. The Bertz CT molecular complexity index is 1070. The van der Waals surface area contributed by atoms with Gasteiger partial charge in [-0.05, 0) is 41.3 Å². The van der Waals surface area contributed by atoms with Gasteiger partial charge in [0.25, 0.3) is 0 Å². The van der Waals surface area contributed by atoms with Crippen LogP contribution in [0.5, 0.6) is 5.75 Å². The Kier molecular flexibility index (Phi) is 6.96. The molecule has 0 radical (unpaired) electrons. The number of amides is 1. The molecule has 0 aliphatic rings. The molecule has 1 amide bonds. The lowest BCUT2D eigenvalue weighted by molar-refractivity contribution is -0.120. The Morgan fingerprint density at radius 3 is 2.48 bits per heavy atom. The van der Waals surface area contributed by atoms with Crippen LogP contribution in [0.25, 0.3) is 0 Å². The molecule has 0 aliphatic carbocycles. The van der Waals surface area contributed by atoms with Crippen molar-refractivity contribution < 1.29 is 9.53 Å². The van der Waals surface area contributed by atoms with Crippen molar-refractivity contribution in [2.45, 2.75) is 12.6 Å². The second kappa shape index (κ2) is 10.2. The number of ether oxygens (including phenoxy) is 1. The summed E-state index contributed by atoms with van der Waals surface area (Å²) in [7, 11) is 1.65. The largest absolute Gasteiger partial charge is 0.497 e. The second-order valence-corrected chi connectivity index (χ2v) is 8.87. The summed E-state index contributed by atoms with van der Waals surface area (Å²) in [5.41, 5.74) is 1.98. The lowest BCUT2D eigenvalue weighted by atomic mass is 10.1. The van der Waals surface area contributed by atoms with E-state index in [4.69, 9.17) is 4.74 Å². The van der Waals surface area contributed by atoms with Gasteiger partial charge in [-0.25, -0.2) is 4.98 Å². The highest BCUT2D eigenvalue weighted by Gasteiger charge is 2.21. The van der Waals surface area contributed by atoms with E-state index in [1.807, 2.05) is 66.0 Å². The van der Waals surface area contributed by atoms with Crippen LogP contribution in [0.1, 0.15) is 21.5 Å². The first-order valence-corrected chi connectivity index (χ1v) is 11.6. The van der Waals surface area contributed by atoms with Crippen LogP contribution < -0.4 is 15.0 Å². The fraction of sp³-hybridized carbons (Fsp3) is 0.167. The molecule has 0 bridgehead atoms. The molecule has 0 saturated carbocycles. The van der Waals surface area contributed by atoms with Gasteiger partial charge in [-0.1, -0.05) is 36.4 Å². The van der Waals surface area contributed by atoms with Gasteiger partial charge in [0.1, 0.15) is 16.8 Å². The zero-order valence-corrected chi connectivity index (χ0v) is 18.7. The molecule has 1 N–H and O–H groups in total. The van der Waals surface area contributed by atoms with Crippen LogP contribution in [-0.2, 0) is 11.3 Å². The van der Waals surface area contributed by atoms with E-state index in [0.717, 1.165) is 22.0 Å². The first-order valence-electron chi connectivity index (χ1n) is 9.88. The quantitative estimate of drug-likeness (QED) is 0.385. The number of nitrogens with one attached hydrogen (secondary N) is 1. The van der Waals surface area contributed by atoms with E-state index in [1.54, 1.807) is 24.6 Å². The van der Waals surface area contributed by atoms with E-state index in [1.165, 1.54) is 16.2 Å². The number of carbonyl (C=O) groups is 1. The number of anilines is 1. The zero-order valence-electron chi connectivity index (χ0n) is 17.1. The van der Waals surface area contributed by atoms with E-state index in [9.17, 15) is 4.79 Å². The molecule has 7 heteroatoms. The molecule has 2 heterocycles. The third-order valence-corrected chi connectivity index (χ3v) is 6.54. The van der Waals surface area contributed by atoms with Gasteiger partial charge >= 0.3 is 0 Å². The van der Waals surface area contributed by atoms with E-state index in [-0.39, 0.29) is 18.5 Å². The summed E-state index contributed by atoms with van der Waals surface area (Å²) < 4.78 is 5.28. The van der Waals surface area contributed by atoms with Gasteiger partial charge in [-0.15, -0.1) is 22.7 Å². The monoisotopic (exact) mass is 449 g/mol. The van der Waals surface area contributed by atoms with Crippen LogP contribution in [0.4, 0.5) is 5.69 Å². The molecule has 0 aliphatic heterocycles. The van der Waals surface area contributed by atoms with Gasteiger partial charge in [0.15, 0.2) is 0 Å². The summed E-state index contributed by atoms with van der Waals surface area (Å²) in [5, 5.41) is 8.03. The molecule has 2 aromatic heterocycles. The molecule has 5 nitrogen and oxygen atoms in total. The Hall–Kier alpha value is -3.16. The Morgan fingerprint density at radius 2 is 1.84 bits per heavy atom. The van der Waals surface area contributed by atoms with Crippen LogP contribution in [0.3, 0.4) is 0 Å². The van der Waals surface area contributed by atoms with Gasteiger partial charge in [-0.3, -0.25) is 4.79 Å². The molecule has 1 atom stereocenters. The normalized spacial score (nSPS) is 11.6. The summed E-state index contributed by atoms with van der Waals surface area (Å²) in [6.45, 7) is 0.892. The van der Waals surface area contributed by atoms with Crippen LogP contribution in [0.2, 0.25) is 0 Å². The molecule has 0 saturated heterocycles. The molecule has 2 aromatic carbocycles. The van der Waals surface area contributed by atoms with Crippen molar-refractivity contribution >= 4 is 34.3 Å². The SMILES string of the molecule is COc1ccc(N(CC(=O)NC(c2ccccc2)c2nccs2)Cc2cccs2)cc1. The minimum atomic E-state index is -0.270. The number of nitrogens with zero attached hydrogens (tertiary/aromatic N) is 2. The maximum Gasteiger partial charge on any atom is 0.240 e. The number of carbonyl (C=O) groups excluding carboxylic acids is 1. The molecule has 0 fully saturated rings. The maximum atomic E-state index is 13.2. The number of hydrogen-bond donors (Lipinski definition) is 1. The van der Waals surface area contributed by atoms with E-state index >= 15 is 0 Å². The highest BCUT2D eigenvalue weighted by molar-refractivity contribution is 7.10. The van der Waals surface area contributed by atoms with Crippen molar-refractivity contribution in [1.29, 1.82) is 0 Å². The maximum absolute atomic E-state index is 13.2. The molecule has 4 aromatic rings. The number of hydrogen-bond acceptors (Lipinski definition) is 6. The van der Waals surface area contributed by atoms with Crippen molar-refractivity contribution in [3.05, 3.63) is 99.1 Å². The minimum absolute atomic E-state index is 0.0589. The minimum Gasteiger partial charge on any atom is -0.497 e. The predicted molar refractivity (Wildman–Crippen MR) is 127 cm³/mol. The lowest BCUT2D eigenvalue weighted by Crippen LogP contribution is -2.39. The van der Waals surface area contributed by atoms with Crippen molar-refractivity contribution in [1.82, 2.24) is 10.3 Å². The average molecular weight is 450 g/mol. The van der Waals surface area contributed by atoms with Crippen LogP contribution >= 0.6 is 22.7 Å². The summed E-state index contributed by atoms with van der Waals surface area (Å²) in [6.07, 6.45) is 1.77. The topological polar surface area (TPSA) is 54.5 Å². The predicted octanol–water partition coefficient (Wildman–Crippen LogP) is 5.13. The van der Waals surface area contributed by atoms with Crippen molar-refractivity contribution in [2.24, 2.45) is 0 Å². The van der Waals surface area contributed by atoms with Crippen LogP contribution in [-0.4, -0.2) is 24.5 Å². The first-order chi connectivity index (χ1) is 15.2. The van der Waals surface area contributed by atoms with Crippen LogP contribution in [0.15, 0.2) is 83.7 Å². The highest BCUT2D eigenvalue weighted by atomic mass is 32.1. The smallest absolute Gasteiger partial charge is 0.240 e. The molecule has 1 unspecified atom stereocenters. The number of methoxy groups -OCH3 is 1. The Labute approximate surface area is 190 Å². The number of thiophene rings is 1. The van der Waals surface area contributed by atoms with Gasteiger partial charge in [0, 0.05) is 22.1 Å². The molecule has 31 heavy (non-hydrogen) atoms. The van der Waals surface area contributed by atoms with E-state index in [0.29, 0.717) is 6.54 Å². The molecule has 0 spiro atoms. The fourth-order valence-electron chi connectivity index (χ4n) is 3.31. The number of thiazole rings is 1. The standard InChI is InChI=1S/C24H23N3O2S2/c1-29-20-11-9-19(10-12-20)27(16-21-8-5-14-30-21)17-22(28)26-23(24-25-13-15-31-24)18-6-3-2-4-7-18/h2-15,23H,16-17H2,1H3,(H,26,28). The summed E-state index contributed by atoms with van der Waals surface area (Å²) in [5.74, 6) is 0.730. The molecule has 158 valence electrons. The lowest BCUT2D eigenvalue weighted by Gasteiger charge is -2.25. The summed E-state index contributed by atoms with van der Waals surface area (Å²) in [6, 6.07) is 21.6. The third-order valence-electron chi connectivity index (χ3n) is 4.84. The molecule has 4 rings (SSSR count). The van der Waals surface area contributed by atoms with Crippen molar-refractivity contribution in [2.75, 3.05) is 18.6 Å². The molecular formula is C24H23N3O2S2. The van der Waals surface area contributed by atoms with Crippen molar-refractivity contribution in [3.63, 3.8) is 0 Å². The summed E-state index contributed by atoms with van der Waals surface area (Å²) >= 11 is 3.22. The fourth-order valence-corrected chi connectivity index (χ4v) is 4.75. The molecular weight excluding hydrogens is 426 g/mol. The van der Waals surface area contributed by atoms with Gasteiger partial charge in [0.05, 0.1) is 20.2 Å². The van der Waals surface area contributed by atoms with Crippen molar-refractivity contribution in [3.8, 4) is 5.75 Å². The van der Waals surface area contributed by atoms with E-state index < -0.39 is 0 Å². The number of aromatic nitrogens is 1. The van der Waals surface area contributed by atoms with Gasteiger partial charge in [0.2, 0.25) is 5.91 Å². The Balaban J connectivity index is 1.54. The summed E-state index contributed by atoms with van der Waals surface area (Å²) in [4.78, 5) is 20.9. The third kappa shape index (κ3) is 5.51. The zero-order chi connectivity index (χ0) is 21.5. The average Bonchev–Trinajstić information content (AvgIpc) is 3.52. The van der Waals surface area contributed by atoms with E-state index in [2.05, 4.69) is 26.6 Å². The first kappa shape index (κ1) is 21.1. The second-order valence-electron chi connectivity index (χ2n) is 6.92. The highest BCUT2D eigenvalue weighted by Crippen LogP contribution is 2.25. The Morgan fingerprint density at radius 1 is 1.03 bits per heavy atom. The number of benzene rings is 2.